The van der Waals surface area contributed by atoms with Crippen LogP contribution in [0.2, 0.25) is 0 Å². The molecule has 3 aromatic rings. The lowest BCUT2D eigenvalue weighted by atomic mass is 9.93. The summed E-state index contributed by atoms with van der Waals surface area (Å²) in [6.07, 6.45) is 8.39. The van der Waals surface area contributed by atoms with Crippen LogP contribution in [0, 0.1) is 0 Å². The lowest BCUT2D eigenvalue weighted by molar-refractivity contribution is -0.0612. The molecule has 1 saturated heterocycles. The molecule has 10 nitrogen and oxygen atoms in total. The average Bonchev–Trinajstić information content (AvgIpc) is 3.42. The zero-order chi connectivity index (χ0) is 26.4. The minimum absolute atomic E-state index is 0.0418. The molecule has 0 unspecified atom stereocenters. The Hall–Kier alpha value is -3.60. The number of nitrogens with one attached hydrogen (secondary N) is 1. The number of rotatable bonds is 7. The molecule has 3 aliphatic rings. The molecule has 5 heterocycles. The zero-order valence-electron chi connectivity index (χ0n) is 21.7. The fourth-order valence-electron chi connectivity index (χ4n) is 5.25. The molecule has 0 saturated carbocycles. The number of benzene rings is 1. The Kier molecular flexibility index (Phi) is 6.25. The predicted molar refractivity (Wildman–Crippen MR) is 142 cm³/mol. The molecule has 1 aromatic carbocycles. The van der Waals surface area contributed by atoms with Crippen molar-refractivity contribution in [3.8, 4) is 0 Å². The third-order valence-electron chi connectivity index (χ3n) is 7.61. The normalized spacial score (nSPS) is 18.4. The predicted octanol–water partition coefficient (Wildman–Crippen LogP) is 2.59. The molecule has 0 radical (unpaired) electrons. The van der Waals surface area contributed by atoms with E-state index >= 15 is 0 Å². The van der Waals surface area contributed by atoms with Gasteiger partial charge in [-0.15, -0.1) is 0 Å². The number of carbonyl (C=O) groups is 2. The van der Waals surface area contributed by atoms with E-state index in [0.717, 1.165) is 49.4 Å². The van der Waals surface area contributed by atoms with E-state index in [2.05, 4.69) is 26.4 Å². The Balaban J connectivity index is 1.32. The van der Waals surface area contributed by atoms with Gasteiger partial charge in [-0.2, -0.15) is 5.10 Å². The number of fused-ring (bicyclic) bond motifs is 2. The lowest BCUT2D eigenvalue weighted by Crippen LogP contribution is -2.50. The summed E-state index contributed by atoms with van der Waals surface area (Å²) < 4.78 is 6.93. The summed E-state index contributed by atoms with van der Waals surface area (Å²) in [5.74, 6) is -0.340. The molecular formula is C28H32N6O4. The maximum atomic E-state index is 13.4. The van der Waals surface area contributed by atoms with Crippen molar-refractivity contribution >= 4 is 28.7 Å². The van der Waals surface area contributed by atoms with Crippen molar-refractivity contribution in [2.75, 3.05) is 38.2 Å². The molecule has 3 aliphatic heterocycles. The van der Waals surface area contributed by atoms with Crippen LogP contribution in [-0.2, 0) is 11.3 Å². The minimum Gasteiger partial charge on any atom is -0.390 e. The van der Waals surface area contributed by atoms with E-state index in [1.165, 1.54) is 6.20 Å². The summed E-state index contributed by atoms with van der Waals surface area (Å²) in [7, 11) is 0. The summed E-state index contributed by atoms with van der Waals surface area (Å²) in [5, 5.41) is 17.5. The summed E-state index contributed by atoms with van der Waals surface area (Å²) >= 11 is 0. The monoisotopic (exact) mass is 516 g/mol. The largest absolute Gasteiger partial charge is 0.390 e. The molecule has 1 fully saturated rings. The molecule has 198 valence electrons. The standard InChI is InChI=1S/C28H32N6O4/c1-28(2,37)6-11-33-15-19-12-24(31-26(35)23-14-30-34-8-3-7-29-25(23)34)21(13-22(19)27(33)36)18-4-9-32(10-5-18)20-16-38-17-20/h3-4,7-8,12-14,20,37H,5-6,9-11,15-17H2,1-2H3,(H,31,35). The molecular weight excluding hydrogens is 484 g/mol. The van der Waals surface area contributed by atoms with E-state index < -0.39 is 5.60 Å². The number of amides is 2. The topological polar surface area (TPSA) is 112 Å². The second kappa shape index (κ2) is 9.61. The summed E-state index contributed by atoms with van der Waals surface area (Å²) in [6, 6.07) is 6.08. The van der Waals surface area contributed by atoms with Crippen molar-refractivity contribution in [2.45, 2.75) is 44.9 Å². The molecule has 2 amide bonds. The van der Waals surface area contributed by atoms with Crippen molar-refractivity contribution < 1.29 is 19.4 Å². The first kappa shape index (κ1) is 24.7. The van der Waals surface area contributed by atoms with E-state index in [4.69, 9.17) is 4.74 Å². The first-order valence-corrected chi connectivity index (χ1v) is 13.1. The highest BCUT2D eigenvalue weighted by Crippen LogP contribution is 2.36. The molecule has 38 heavy (non-hydrogen) atoms. The Bertz CT molecular complexity index is 1430. The van der Waals surface area contributed by atoms with Gasteiger partial charge in [0, 0.05) is 55.4 Å². The van der Waals surface area contributed by atoms with Crippen molar-refractivity contribution in [3.05, 3.63) is 65.1 Å². The second-order valence-electron chi connectivity index (χ2n) is 10.9. The van der Waals surface area contributed by atoms with E-state index in [-0.39, 0.29) is 11.8 Å². The fraction of sp³-hybridized carbons (Fsp3) is 0.429. The van der Waals surface area contributed by atoms with Crippen molar-refractivity contribution in [3.63, 3.8) is 0 Å². The summed E-state index contributed by atoms with van der Waals surface area (Å²) in [5.41, 5.74) is 4.18. The minimum atomic E-state index is -0.855. The van der Waals surface area contributed by atoms with Crippen molar-refractivity contribution in [1.82, 2.24) is 24.4 Å². The third-order valence-corrected chi connectivity index (χ3v) is 7.61. The first-order valence-electron chi connectivity index (χ1n) is 13.1. The molecule has 0 aliphatic carbocycles. The number of carbonyl (C=O) groups excluding carboxylic acids is 2. The van der Waals surface area contributed by atoms with Gasteiger partial charge in [0.1, 0.15) is 5.56 Å². The molecule has 2 N–H and O–H groups in total. The highest BCUT2D eigenvalue weighted by molar-refractivity contribution is 6.10. The average molecular weight is 517 g/mol. The van der Waals surface area contributed by atoms with Gasteiger partial charge in [-0.1, -0.05) is 6.08 Å². The lowest BCUT2D eigenvalue weighted by Gasteiger charge is -2.39. The van der Waals surface area contributed by atoms with E-state index in [1.807, 2.05) is 12.1 Å². The molecule has 0 bridgehead atoms. The number of aliphatic hydroxyl groups is 1. The van der Waals surface area contributed by atoms with Crippen molar-refractivity contribution in [1.29, 1.82) is 0 Å². The van der Waals surface area contributed by atoms with Gasteiger partial charge in [0.2, 0.25) is 0 Å². The number of nitrogens with zero attached hydrogens (tertiary/aromatic N) is 5. The Morgan fingerprint density at radius 3 is 2.82 bits per heavy atom. The zero-order valence-corrected chi connectivity index (χ0v) is 21.7. The fourth-order valence-corrected chi connectivity index (χ4v) is 5.25. The van der Waals surface area contributed by atoms with Crippen molar-refractivity contribution in [2.24, 2.45) is 0 Å². The Morgan fingerprint density at radius 1 is 1.26 bits per heavy atom. The second-order valence-corrected chi connectivity index (χ2v) is 10.9. The maximum Gasteiger partial charge on any atom is 0.261 e. The molecule has 0 spiro atoms. The Morgan fingerprint density at radius 2 is 2.11 bits per heavy atom. The number of aromatic nitrogens is 3. The number of hydrogen-bond acceptors (Lipinski definition) is 7. The van der Waals surface area contributed by atoms with Gasteiger partial charge in [0.25, 0.3) is 11.8 Å². The molecule has 2 aromatic heterocycles. The van der Waals surface area contributed by atoms with Crippen LogP contribution in [0.3, 0.4) is 0 Å². The van der Waals surface area contributed by atoms with Crippen LogP contribution in [0.25, 0.3) is 11.2 Å². The smallest absolute Gasteiger partial charge is 0.261 e. The quantitative estimate of drug-likeness (QED) is 0.496. The van der Waals surface area contributed by atoms with E-state index in [9.17, 15) is 14.7 Å². The van der Waals surface area contributed by atoms with E-state index in [0.29, 0.717) is 48.0 Å². The summed E-state index contributed by atoms with van der Waals surface area (Å²) in [6.45, 7) is 7.64. The molecule has 10 heteroatoms. The third kappa shape index (κ3) is 4.70. The van der Waals surface area contributed by atoms with Gasteiger partial charge in [-0.25, -0.2) is 9.50 Å². The van der Waals surface area contributed by atoms with Gasteiger partial charge in [0.15, 0.2) is 5.65 Å². The maximum absolute atomic E-state index is 13.4. The van der Waals surface area contributed by atoms with Crippen LogP contribution in [0.5, 0.6) is 0 Å². The SMILES string of the molecule is CC(C)(O)CCN1Cc2cc(NC(=O)c3cnn4cccnc34)c(C3=CCN(C4COC4)CC3)cc2C1=O. The van der Waals surface area contributed by atoms with Crippen LogP contribution < -0.4 is 5.32 Å². The number of ether oxygens (including phenoxy) is 1. The van der Waals surface area contributed by atoms with Crippen LogP contribution in [0.4, 0.5) is 5.69 Å². The van der Waals surface area contributed by atoms with Gasteiger partial charge >= 0.3 is 0 Å². The highest BCUT2D eigenvalue weighted by atomic mass is 16.5. The van der Waals surface area contributed by atoms with Crippen LogP contribution >= 0.6 is 0 Å². The summed E-state index contributed by atoms with van der Waals surface area (Å²) in [4.78, 5) is 35.2. The van der Waals surface area contributed by atoms with Gasteiger partial charge in [-0.05, 0) is 56.0 Å². The van der Waals surface area contributed by atoms with Crippen LogP contribution in [0.15, 0.2) is 42.9 Å². The highest BCUT2D eigenvalue weighted by Gasteiger charge is 2.32. The van der Waals surface area contributed by atoms with Gasteiger partial charge in [0.05, 0.1) is 31.1 Å². The van der Waals surface area contributed by atoms with E-state index in [1.54, 1.807) is 41.7 Å². The number of anilines is 1. The van der Waals surface area contributed by atoms with Gasteiger partial charge < -0.3 is 20.1 Å². The Labute approximate surface area is 220 Å². The van der Waals surface area contributed by atoms with Crippen LogP contribution in [0.1, 0.15) is 58.5 Å². The number of hydrogen-bond donors (Lipinski definition) is 2. The van der Waals surface area contributed by atoms with Gasteiger partial charge in [-0.3, -0.25) is 14.5 Å². The molecule has 0 atom stereocenters. The first-order chi connectivity index (χ1) is 18.3. The molecule has 6 rings (SSSR count). The van der Waals surface area contributed by atoms with Crippen LogP contribution in [-0.4, -0.2) is 85.8 Å².